The molecule has 0 bridgehead atoms. The number of fused-ring (bicyclic) bond motifs is 1. The number of aromatic amines is 1. The molecule has 120 valence electrons. The maximum Gasteiger partial charge on any atom is 0.274 e. The van der Waals surface area contributed by atoms with Crippen molar-refractivity contribution in [2.75, 3.05) is 19.7 Å². The van der Waals surface area contributed by atoms with Crippen molar-refractivity contribution < 1.29 is 9.53 Å². The van der Waals surface area contributed by atoms with Gasteiger partial charge >= 0.3 is 0 Å². The molecule has 2 aliphatic rings. The van der Waals surface area contributed by atoms with Gasteiger partial charge in [0.25, 0.3) is 5.91 Å². The van der Waals surface area contributed by atoms with E-state index in [0.717, 1.165) is 36.2 Å². The van der Waals surface area contributed by atoms with E-state index in [1.165, 1.54) is 0 Å². The first kappa shape index (κ1) is 14.3. The number of carbonyl (C=O) groups excluding carboxylic acids is 1. The average Bonchev–Trinajstić information content (AvgIpc) is 3.18. The second-order valence-corrected chi connectivity index (χ2v) is 6.02. The monoisotopic (exact) mass is 313 g/mol. The first-order chi connectivity index (χ1) is 11.2. The van der Waals surface area contributed by atoms with Crippen LogP contribution in [0.25, 0.3) is 0 Å². The highest BCUT2D eigenvalue weighted by molar-refractivity contribution is 5.94. The Kier molecular flexibility index (Phi) is 3.57. The molecule has 2 aromatic rings. The summed E-state index contributed by atoms with van der Waals surface area (Å²) < 4.78 is 5.80. The Morgan fingerprint density at radius 1 is 1.43 bits per heavy atom. The van der Waals surface area contributed by atoms with E-state index in [2.05, 4.69) is 20.2 Å². The molecular formula is C16H19N5O2. The number of amides is 1. The average molecular weight is 313 g/mol. The molecule has 1 amide bonds. The fourth-order valence-electron chi connectivity index (χ4n) is 3.31. The Balaban J connectivity index is 1.54. The van der Waals surface area contributed by atoms with Crippen LogP contribution in [0.1, 0.15) is 45.8 Å². The molecule has 1 aliphatic carbocycles. The Labute approximate surface area is 134 Å². The lowest BCUT2D eigenvalue weighted by atomic mass is 10.1. The quantitative estimate of drug-likeness (QED) is 0.901. The summed E-state index contributed by atoms with van der Waals surface area (Å²) in [6.45, 7) is 3.44. The van der Waals surface area contributed by atoms with Crippen molar-refractivity contribution in [2.45, 2.75) is 32.3 Å². The highest BCUT2D eigenvalue weighted by Crippen LogP contribution is 2.26. The van der Waals surface area contributed by atoms with Gasteiger partial charge in [-0.3, -0.25) is 9.89 Å². The summed E-state index contributed by atoms with van der Waals surface area (Å²) in [5, 5.41) is 7.25. The smallest absolute Gasteiger partial charge is 0.274 e. The summed E-state index contributed by atoms with van der Waals surface area (Å²) in [5.74, 6) is 0.697. The van der Waals surface area contributed by atoms with Crippen molar-refractivity contribution in [1.29, 1.82) is 0 Å². The van der Waals surface area contributed by atoms with Crippen LogP contribution in [0.3, 0.4) is 0 Å². The summed E-state index contributed by atoms with van der Waals surface area (Å²) in [7, 11) is 0. The number of morpholine rings is 1. The van der Waals surface area contributed by atoms with Gasteiger partial charge in [-0.1, -0.05) is 0 Å². The van der Waals surface area contributed by atoms with Crippen LogP contribution in [-0.4, -0.2) is 50.7 Å². The second kappa shape index (κ2) is 5.73. The number of H-pyrrole nitrogens is 1. The second-order valence-electron chi connectivity index (χ2n) is 6.02. The van der Waals surface area contributed by atoms with Crippen LogP contribution in [0.4, 0.5) is 0 Å². The molecule has 0 aromatic carbocycles. The van der Waals surface area contributed by atoms with Crippen molar-refractivity contribution in [1.82, 2.24) is 25.1 Å². The minimum atomic E-state index is -0.207. The largest absolute Gasteiger partial charge is 0.368 e. The van der Waals surface area contributed by atoms with Crippen molar-refractivity contribution in [3.63, 3.8) is 0 Å². The molecule has 23 heavy (non-hydrogen) atoms. The Hall–Kier alpha value is -2.28. The molecule has 4 rings (SSSR count). The highest BCUT2D eigenvalue weighted by Gasteiger charge is 2.31. The number of carbonyl (C=O) groups is 1. The molecule has 1 fully saturated rings. The topological polar surface area (TPSA) is 84.0 Å². The van der Waals surface area contributed by atoms with E-state index in [9.17, 15) is 4.79 Å². The molecule has 7 heteroatoms. The zero-order chi connectivity index (χ0) is 15.8. The van der Waals surface area contributed by atoms with Crippen LogP contribution in [-0.2, 0) is 17.6 Å². The molecule has 1 atom stereocenters. The Morgan fingerprint density at radius 3 is 3.22 bits per heavy atom. The molecule has 2 aromatic heterocycles. The highest BCUT2D eigenvalue weighted by atomic mass is 16.5. The summed E-state index contributed by atoms with van der Waals surface area (Å²) >= 11 is 0. The van der Waals surface area contributed by atoms with Crippen LogP contribution in [0.2, 0.25) is 0 Å². The van der Waals surface area contributed by atoms with E-state index in [0.29, 0.717) is 31.2 Å². The molecular weight excluding hydrogens is 294 g/mol. The van der Waals surface area contributed by atoms with Gasteiger partial charge in [0.15, 0.2) is 5.69 Å². The number of hydrogen-bond acceptors (Lipinski definition) is 5. The van der Waals surface area contributed by atoms with Crippen molar-refractivity contribution in [3.8, 4) is 0 Å². The number of hydrogen-bond donors (Lipinski definition) is 1. The van der Waals surface area contributed by atoms with Crippen molar-refractivity contribution in [3.05, 3.63) is 40.7 Å². The molecule has 0 spiro atoms. The van der Waals surface area contributed by atoms with Gasteiger partial charge in [-0.2, -0.15) is 5.10 Å². The number of aryl methyl sites for hydroxylation is 2. The summed E-state index contributed by atoms with van der Waals surface area (Å²) in [6.07, 6.45) is 4.53. The number of ether oxygens (including phenoxy) is 1. The molecule has 7 nitrogen and oxygen atoms in total. The molecule has 0 radical (unpaired) electrons. The van der Waals surface area contributed by atoms with Gasteiger partial charge in [0, 0.05) is 24.0 Å². The Morgan fingerprint density at radius 2 is 2.35 bits per heavy atom. The minimum absolute atomic E-state index is 0.0107. The number of aromatic nitrogens is 4. The van der Waals surface area contributed by atoms with Crippen LogP contribution in [0.15, 0.2) is 12.3 Å². The van der Waals surface area contributed by atoms with Crippen LogP contribution in [0.5, 0.6) is 0 Å². The van der Waals surface area contributed by atoms with Crippen LogP contribution < -0.4 is 0 Å². The normalized spacial score (nSPS) is 20.6. The van der Waals surface area contributed by atoms with E-state index in [4.69, 9.17) is 4.74 Å². The molecule has 3 heterocycles. The first-order valence-corrected chi connectivity index (χ1v) is 7.99. The van der Waals surface area contributed by atoms with E-state index in [1.54, 1.807) is 6.20 Å². The standard InChI is InChI=1S/C16H19N5O2/c1-10-17-6-5-13(18-10)14-9-21(7-8-23-14)16(22)15-11-3-2-4-12(11)19-20-15/h5-6,14H,2-4,7-9H2,1H3,(H,19,20)/t14-/m1/s1. The fraction of sp³-hybridized carbons (Fsp3) is 0.500. The number of nitrogens with one attached hydrogen (secondary N) is 1. The van der Waals surface area contributed by atoms with Gasteiger partial charge < -0.3 is 9.64 Å². The predicted molar refractivity (Wildman–Crippen MR) is 82.0 cm³/mol. The first-order valence-electron chi connectivity index (χ1n) is 7.99. The van der Waals surface area contributed by atoms with Crippen LogP contribution in [0, 0.1) is 6.92 Å². The minimum Gasteiger partial charge on any atom is -0.368 e. The van der Waals surface area contributed by atoms with Gasteiger partial charge in [0.2, 0.25) is 0 Å². The van der Waals surface area contributed by atoms with Crippen LogP contribution >= 0.6 is 0 Å². The summed E-state index contributed by atoms with van der Waals surface area (Å²) in [4.78, 5) is 23.2. The van der Waals surface area contributed by atoms with Crippen molar-refractivity contribution >= 4 is 5.91 Å². The van der Waals surface area contributed by atoms with E-state index < -0.39 is 0 Å². The van der Waals surface area contributed by atoms with Gasteiger partial charge in [-0.15, -0.1) is 0 Å². The molecule has 1 N–H and O–H groups in total. The lowest BCUT2D eigenvalue weighted by molar-refractivity contribution is -0.0250. The third kappa shape index (κ3) is 2.61. The summed E-state index contributed by atoms with van der Waals surface area (Å²) in [6, 6.07) is 1.85. The lowest BCUT2D eigenvalue weighted by Crippen LogP contribution is -2.43. The third-order valence-electron chi connectivity index (χ3n) is 4.49. The van der Waals surface area contributed by atoms with Gasteiger partial charge in [-0.05, 0) is 32.3 Å². The molecule has 0 unspecified atom stereocenters. The molecule has 1 saturated heterocycles. The molecule has 1 aliphatic heterocycles. The summed E-state index contributed by atoms with van der Waals surface area (Å²) in [5.41, 5.74) is 3.61. The number of rotatable bonds is 2. The molecule has 0 saturated carbocycles. The lowest BCUT2D eigenvalue weighted by Gasteiger charge is -2.32. The van der Waals surface area contributed by atoms with E-state index >= 15 is 0 Å². The fourth-order valence-corrected chi connectivity index (χ4v) is 3.31. The van der Waals surface area contributed by atoms with Gasteiger partial charge in [0.05, 0.1) is 18.8 Å². The van der Waals surface area contributed by atoms with E-state index in [-0.39, 0.29) is 12.0 Å². The van der Waals surface area contributed by atoms with Crippen molar-refractivity contribution in [2.24, 2.45) is 0 Å². The number of nitrogens with zero attached hydrogens (tertiary/aromatic N) is 4. The maximum atomic E-state index is 12.8. The third-order valence-corrected chi connectivity index (χ3v) is 4.49. The van der Waals surface area contributed by atoms with Gasteiger partial charge in [0.1, 0.15) is 11.9 Å². The Bertz CT molecular complexity index is 742. The SMILES string of the molecule is Cc1nccc([C@H]2CN(C(=O)c3n[nH]c4c3CCC4)CCO2)n1. The maximum absolute atomic E-state index is 12.8. The van der Waals surface area contributed by atoms with E-state index in [1.807, 2.05) is 17.9 Å². The zero-order valence-electron chi connectivity index (χ0n) is 13.1. The predicted octanol–water partition coefficient (Wildman–Crippen LogP) is 1.21. The zero-order valence-corrected chi connectivity index (χ0v) is 13.1. The van der Waals surface area contributed by atoms with Gasteiger partial charge in [-0.25, -0.2) is 9.97 Å².